The van der Waals surface area contributed by atoms with Crippen LogP contribution in [0.4, 0.5) is 8.78 Å². The fourth-order valence-corrected chi connectivity index (χ4v) is 4.36. The Hall–Kier alpha value is -2.58. The highest BCUT2D eigenvalue weighted by atomic mass is 19.1. The Bertz CT molecular complexity index is 1050. The molecule has 1 saturated heterocycles. The lowest BCUT2D eigenvalue weighted by Gasteiger charge is -2.44. The molecule has 1 fully saturated rings. The Kier molecular flexibility index (Phi) is 5.46. The summed E-state index contributed by atoms with van der Waals surface area (Å²) in [5.41, 5.74) is -0.0750. The number of nitrogens with one attached hydrogen (secondary N) is 1. The van der Waals surface area contributed by atoms with Gasteiger partial charge in [0.05, 0.1) is 25.2 Å². The van der Waals surface area contributed by atoms with Crippen molar-refractivity contribution >= 4 is 5.78 Å². The van der Waals surface area contributed by atoms with Gasteiger partial charge >= 0.3 is 0 Å². The van der Waals surface area contributed by atoms with Gasteiger partial charge in [-0.25, -0.2) is 8.78 Å². The van der Waals surface area contributed by atoms with Crippen molar-refractivity contribution in [1.82, 2.24) is 9.88 Å². The standard InChI is InChI=1S/C22H24F2N2O4/c1-22-6-3-7-30-17(22)12-26-11-14(19(27)20(29-2)18(26)21(22)28)10-25-9-13-4-5-15(23)8-16(13)24/h4-5,8,11,17,25H,3,6-7,9-10,12H2,1-2H3. The molecule has 0 spiro atoms. The number of rotatable bonds is 5. The monoisotopic (exact) mass is 418 g/mol. The number of ether oxygens (including phenoxy) is 2. The molecule has 2 aromatic rings. The maximum Gasteiger partial charge on any atom is 0.228 e. The second-order valence-electron chi connectivity index (χ2n) is 8.07. The lowest BCUT2D eigenvalue weighted by Crippen LogP contribution is -2.52. The maximum atomic E-state index is 13.8. The summed E-state index contributed by atoms with van der Waals surface area (Å²) in [6, 6.07) is 3.36. The molecular weight excluding hydrogens is 394 g/mol. The van der Waals surface area contributed by atoms with Crippen molar-refractivity contribution in [2.45, 2.75) is 45.5 Å². The number of nitrogens with zero attached hydrogens (tertiary/aromatic N) is 1. The van der Waals surface area contributed by atoms with Crippen molar-refractivity contribution in [3.05, 3.63) is 63.1 Å². The Morgan fingerprint density at radius 3 is 2.77 bits per heavy atom. The summed E-state index contributed by atoms with van der Waals surface area (Å²) in [5.74, 6) is -1.41. The molecule has 2 unspecified atom stereocenters. The van der Waals surface area contributed by atoms with Crippen molar-refractivity contribution in [3.8, 4) is 5.75 Å². The third-order valence-corrected chi connectivity index (χ3v) is 6.13. The molecular formula is C22H24F2N2O4. The highest BCUT2D eigenvalue weighted by molar-refractivity contribution is 6.02. The Balaban J connectivity index is 1.62. The second kappa shape index (κ2) is 7.92. The molecule has 2 atom stereocenters. The Morgan fingerprint density at radius 2 is 2.03 bits per heavy atom. The van der Waals surface area contributed by atoms with E-state index in [1.807, 2.05) is 6.92 Å². The van der Waals surface area contributed by atoms with E-state index in [4.69, 9.17) is 9.47 Å². The molecule has 1 N–H and O–H groups in total. The largest absolute Gasteiger partial charge is 0.491 e. The van der Waals surface area contributed by atoms with E-state index in [0.717, 1.165) is 12.5 Å². The van der Waals surface area contributed by atoms with Crippen molar-refractivity contribution in [3.63, 3.8) is 0 Å². The van der Waals surface area contributed by atoms with Gasteiger partial charge in [-0.2, -0.15) is 0 Å². The predicted octanol–water partition coefficient (Wildman–Crippen LogP) is 2.81. The zero-order valence-corrected chi connectivity index (χ0v) is 17.0. The summed E-state index contributed by atoms with van der Waals surface area (Å²) in [6.07, 6.45) is 2.89. The van der Waals surface area contributed by atoms with E-state index in [9.17, 15) is 18.4 Å². The van der Waals surface area contributed by atoms with Crippen LogP contribution in [0.25, 0.3) is 0 Å². The highest BCUT2D eigenvalue weighted by Gasteiger charge is 2.49. The van der Waals surface area contributed by atoms with Gasteiger partial charge in [0.2, 0.25) is 5.43 Å². The zero-order chi connectivity index (χ0) is 21.5. The molecule has 8 heteroatoms. The summed E-state index contributed by atoms with van der Waals surface area (Å²) in [5, 5.41) is 3.00. The molecule has 0 aliphatic carbocycles. The van der Waals surface area contributed by atoms with E-state index in [0.29, 0.717) is 30.7 Å². The van der Waals surface area contributed by atoms with Gasteiger partial charge < -0.3 is 19.4 Å². The van der Waals surface area contributed by atoms with Crippen molar-refractivity contribution in [2.24, 2.45) is 5.41 Å². The van der Waals surface area contributed by atoms with Gasteiger partial charge in [-0.1, -0.05) is 6.07 Å². The number of ketones is 1. The van der Waals surface area contributed by atoms with E-state index in [2.05, 4.69) is 5.32 Å². The average molecular weight is 418 g/mol. The van der Waals surface area contributed by atoms with Crippen LogP contribution in [-0.4, -0.2) is 30.2 Å². The number of hydrogen-bond acceptors (Lipinski definition) is 5. The number of halogens is 2. The van der Waals surface area contributed by atoms with Crippen molar-refractivity contribution < 1.29 is 23.0 Å². The van der Waals surface area contributed by atoms with Crippen LogP contribution in [0, 0.1) is 17.0 Å². The first kappa shape index (κ1) is 20.7. The fourth-order valence-electron chi connectivity index (χ4n) is 4.36. The second-order valence-corrected chi connectivity index (χ2v) is 8.07. The zero-order valence-electron chi connectivity index (χ0n) is 17.0. The van der Waals surface area contributed by atoms with Crippen LogP contribution in [0.5, 0.6) is 5.75 Å². The minimum atomic E-state index is -0.669. The van der Waals surface area contributed by atoms with E-state index in [1.54, 1.807) is 10.8 Å². The summed E-state index contributed by atoms with van der Waals surface area (Å²) >= 11 is 0. The normalized spacial score (nSPS) is 23.1. The number of carbonyl (C=O) groups is 1. The molecule has 1 aromatic heterocycles. The SMILES string of the molecule is COc1c2n(cc(CNCc3ccc(F)cc3F)c1=O)CC1OCCCC1(C)C2=O. The van der Waals surface area contributed by atoms with Crippen LogP contribution >= 0.6 is 0 Å². The molecule has 0 amide bonds. The van der Waals surface area contributed by atoms with Crippen LogP contribution in [-0.2, 0) is 24.4 Å². The average Bonchev–Trinajstić information content (AvgIpc) is 2.71. The van der Waals surface area contributed by atoms with E-state index in [-0.39, 0.29) is 41.8 Å². The number of carbonyl (C=O) groups excluding carboxylic acids is 1. The number of aromatic nitrogens is 1. The molecule has 2 aliphatic rings. The quantitative estimate of drug-likeness (QED) is 0.809. The highest BCUT2D eigenvalue weighted by Crippen LogP contribution is 2.42. The van der Waals surface area contributed by atoms with Gasteiger partial charge in [-0.3, -0.25) is 9.59 Å². The minimum absolute atomic E-state index is 0.0255. The molecule has 0 saturated carbocycles. The lowest BCUT2D eigenvalue weighted by atomic mass is 9.71. The summed E-state index contributed by atoms with van der Waals surface area (Å²) in [4.78, 5) is 26.2. The van der Waals surface area contributed by atoms with Gasteiger partial charge in [-0.15, -0.1) is 0 Å². The minimum Gasteiger partial charge on any atom is -0.491 e. The van der Waals surface area contributed by atoms with Crippen LogP contribution in [0.1, 0.15) is 41.4 Å². The smallest absolute Gasteiger partial charge is 0.228 e. The molecule has 0 bridgehead atoms. The maximum absolute atomic E-state index is 13.8. The number of hydrogen-bond donors (Lipinski definition) is 1. The topological polar surface area (TPSA) is 69.6 Å². The molecule has 160 valence electrons. The number of pyridine rings is 1. The summed E-state index contributed by atoms with van der Waals surface area (Å²) in [7, 11) is 1.38. The third-order valence-electron chi connectivity index (χ3n) is 6.13. The Morgan fingerprint density at radius 1 is 1.27 bits per heavy atom. The van der Waals surface area contributed by atoms with Crippen LogP contribution in [0.3, 0.4) is 0 Å². The van der Waals surface area contributed by atoms with E-state index >= 15 is 0 Å². The van der Waals surface area contributed by atoms with Crippen LogP contribution in [0.2, 0.25) is 0 Å². The molecule has 1 aromatic carbocycles. The van der Waals surface area contributed by atoms with Gasteiger partial charge in [0.1, 0.15) is 17.3 Å². The van der Waals surface area contributed by atoms with Gasteiger partial charge in [0.15, 0.2) is 11.5 Å². The number of benzene rings is 1. The van der Waals surface area contributed by atoms with Crippen molar-refractivity contribution in [2.75, 3.05) is 13.7 Å². The molecule has 3 heterocycles. The predicted molar refractivity (Wildman–Crippen MR) is 106 cm³/mol. The fraction of sp³-hybridized carbons (Fsp3) is 0.455. The first-order valence-corrected chi connectivity index (χ1v) is 9.96. The summed E-state index contributed by atoms with van der Waals surface area (Å²) < 4.78 is 39.8. The summed E-state index contributed by atoms with van der Waals surface area (Å²) in [6.45, 7) is 3.21. The lowest BCUT2D eigenvalue weighted by molar-refractivity contribution is -0.0740. The number of Topliss-reactive ketones (excluding diaryl/α,β-unsaturated/α-hetero) is 1. The molecule has 30 heavy (non-hydrogen) atoms. The first-order chi connectivity index (χ1) is 14.3. The van der Waals surface area contributed by atoms with Crippen molar-refractivity contribution in [1.29, 1.82) is 0 Å². The molecule has 0 radical (unpaired) electrons. The van der Waals surface area contributed by atoms with E-state index < -0.39 is 17.0 Å². The van der Waals surface area contributed by atoms with Gasteiger partial charge in [0.25, 0.3) is 0 Å². The molecule has 4 rings (SSSR count). The van der Waals surface area contributed by atoms with Gasteiger partial charge in [-0.05, 0) is 25.8 Å². The van der Waals surface area contributed by atoms with Crippen LogP contribution < -0.4 is 15.5 Å². The molecule has 2 aliphatic heterocycles. The molecule has 6 nitrogen and oxygen atoms in total. The van der Waals surface area contributed by atoms with E-state index in [1.165, 1.54) is 19.2 Å². The Labute approximate surface area is 172 Å². The third kappa shape index (κ3) is 3.44. The first-order valence-electron chi connectivity index (χ1n) is 9.96. The number of fused-ring (bicyclic) bond motifs is 2. The van der Waals surface area contributed by atoms with Crippen LogP contribution in [0.15, 0.2) is 29.2 Å². The van der Waals surface area contributed by atoms with Gasteiger partial charge in [0, 0.05) is 43.1 Å². The number of methoxy groups -OCH3 is 1.